The fraction of sp³-hybridized carbons (Fsp3) is 0.300. The molecule has 2 fully saturated rings. The molecule has 218 valence electrons. The maximum atomic E-state index is 13.7. The highest BCUT2D eigenvalue weighted by molar-refractivity contribution is 7.91. The molecule has 2 aliphatic rings. The van der Waals surface area contributed by atoms with Crippen molar-refractivity contribution in [1.82, 2.24) is 19.7 Å². The van der Waals surface area contributed by atoms with Crippen molar-refractivity contribution < 1.29 is 26.8 Å². The van der Waals surface area contributed by atoms with Crippen LogP contribution in [0.15, 0.2) is 76.7 Å². The number of amides is 2. The Balaban J connectivity index is 1.23. The second kappa shape index (κ2) is 11.3. The zero-order valence-electron chi connectivity index (χ0n) is 22.7. The Hall–Kier alpha value is -4.16. The molecule has 0 unspecified atom stereocenters. The van der Waals surface area contributed by atoms with Crippen LogP contribution in [0.1, 0.15) is 46.4 Å². The summed E-state index contributed by atoms with van der Waals surface area (Å²) in [6, 6.07) is 12.9. The molecule has 3 heterocycles. The van der Waals surface area contributed by atoms with Gasteiger partial charge in [0.25, 0.3) is 11.8 Å². The molecule has 0 radical (unpaired) electrons. The summed E-state index contributed by atoms with van der Waals surface area (Å²) in [5, 5.41) is 4.55. The van der Waals surface area contributed by atoms with Crippen molar-refractivity contribution >= 4 is 32.6 Å². The number of hydrogen-bond donors (Lipinski definition) is 1. The molecular weight excluding hydrogens is 564 g/mol. The van der Waals surface area contributed by atoms with Gasteiger partial charge in [-0.25, -0.2) is 22.6 Å². The van der Waals surface area contributed by atoms with Crippen molar-refractivity contribution in [3.8, 4) is 0 Å². The summed E-state index contributed by atoms with van der Waals surface area (Å²) >= 11 is 0. The third-order valence-corrected chi connectivity index (χ3v) is 9.64. The van der Waals surface area contributed by atoms with Crippen molar-refractivity contribution in [2.24, 2.45) is 0 Å². The molecule has 1 aromatic heterocycles. The summed E-state index contributed by atoms with van der Waals surface area (Å²) in [6.45, 7) is 3.58. The summed E-state index contributed by atoms with van der Waals surface area (Å²) in [7, 11) is -4.22. The number of carbonyl (C=O) groups is 2. The van der Waals surface area contributed by atoms with E-state index in [9.17, 15) is 26.8 Å². The minimum Gasteiger partial charge on any atom is -0.334 e. The molecule has 0 saturated carbocycles. The van der Waals surface area contributed by atoms with E-state index in [0.717, 1.165) is 44.6 Å². The van der Waals surface area contributed by atoms with Gasteiger partial charge in [-0.05, 0) is 81.2 Å². The number of nitrogens with zero attached hydrogens (tertiary/aromatic N) is 4. The number of nitrogens with one attached hydrogen (secondary N) is 1. The van der Waals surface area contributed by atoms with Crippen LogP contribution in [0.25, 0.3) is 10.9 Å². The number of halogens is 2. The fourth-order valence-corrected chi connectivity index (χ4v) is 7.16. The predicted octanol–water partition coefficient (Wildman–Crippen LogP) is 4.23. The Bertz CT molecular complexity index is 1770. The number of rotatable bonds is 7. The Morgan fingerprint density at radius 2 is 1.60 bits per heavy atom. The van der Waals surface area contributed by atoms with E-state index >= 15 is 0 Å². The maximum absolute atomic E-state index is 13.7. The largest absolute Gasteiger partial charge is 0.334 e. The van der Waals surface area contributed by atoms with Gasteiger partial charge in [0, 0.05) is 30.6 Å². The molecule has 6 rings (SSSR count). The Morgan fingerprint density at radius 3 is 2.33 bits per heavy atom. The Kier molecular flexibility index (Phi) is 7.50. The lowest BCUT2D eigenvalue weighted by atomic mass is 10.0. The Labute approximate surface area is 241 Å². The lowest BCUT2D eigenvalue weighted by Gasteiger charge is -2.29. The molecule has 0 spiro atoms. The zero-order chi connectivity index (χ0) is 29.4. The van der Waals surface area contributed by atoms with Crippen LogP contribution >= 0.6 is 0 Å². The van der Waals surface area contributed by atoms with Gasteiger partial charge in [0.2, 0.25) is 9.84 Å². The molecule has 1 N–H and O–H groups in total. The minimum absolute atomic E-state index is 0.108. The summed E-state index contributed by atoms with van der Waals surface area (Å²) < 4.78 is 53.4. The van der Waals surface area contributed by atoms with E-state index in [2.05, 4.69) is 15.4 Å². The average Bonchev–Trinajstić information content (AvgIpc) is 3.74. The monoisotopic (exact) mass is 593 g/mol. The standard InChI is InChI=1S/C30H29F2N5O4S/c31-21-15-22(32)17-25(16-21)42(40,41)24-9-10-28-20(14-24)18-33-37(28)34-29(38)26-7-1-2-8-27(26)30(39)36-13-5-6-23(36)19-35-11-3-4-12-35/h1-2,7-10,14-18,23H,3-6,11-13,19H2,(H,34,38)/t23-/m0/s1. The summed E-state index contributed by atoms with van der Waals surface area (Å²) in [6.07, 6.45) is 5.57. The van der Waals surface area contributed by atoms with Gasteiger partial charge in [-0.3, -0.25) is 9.59 Å². The minimum atomic E-state index is -4.22. The van der Waals surface area contributed by atoms with Crippen LogP contribution in [0, 0.1) is 11.6 Å². The van der Waals surface area contributed by atoms with E-state index in [1.807, 2.05) is 4.90 Å². The molecular formula is C30H29F2N5O4S. The maximum Gasteiger partial charge on any atom is 0.272 e. The number of likely N-dealkylation sites (tertiary alicyclic amines) is 2. The van der Waals surface area contributed by atoms with Crippen molar-refractivity contribution in [1.29, 1.82) is 0 Å². The average molecular weight is 594 g/mol. The number of fused-ring (bicyclic) bond motifs is 1. The summed E-state index contributed by atoms with van der Waals surface area (Å²) in [5.41, 5.74) is 3.57. The molecule has 2 aliphatic heterocycles. The van der Waals surface area contributed by atoms with Gasteiger partial charge in [-0.15, -0.1) is 0 Å². The first-order valence-corrected chi connectivity index (χ1v) is 15.3. The lowest BCUT2D eigenvalue weighted by Crippen LogP contribution is -2.43. The van der Waals surface area contributed by atoms with Gasteiger partial charge in [-0.1, -0.05) is 12.1 Å². The second-order valence-corrected chi connectivity index (χ2v) is 12.6. The molecule has 4 aromatic rings. The van der Waals surface area contributed by atoms with Gasteiger partial charge in [0.05, 0.1) is 32.6 Å². The van der Waals surface area contributed by atoms with Crippen LogP contribution < -0.4 is 5.43 Å². The highest BCUT2D eigenvalue weighted by Crippen LogP contribution is 2.27. The van der Waals surface area contributed by atoms with Gasteiger partial charge in [0.1, 0.15) is 11.6 Å². The third-order valence-electron chi connectivity index (χ3n) is 7.91. The smallest absolute Gasteiger partial charge is 0.272 e. The quantitative estimate of drug-likeness (QED) is 0.344. The molecule has 0 bridgehead atoms. The summed E-state index contributed by atoms with van der Waals surface area (Å²) in [4.78, 5) is 31.8. The first kappa shape index (κ1) is 28.0. The second-order valence-electron chi connectivity index (χ2n) is 10.7. The van der Waals surface area contributed by atoms with E-state index in [1.165, 1.54) is 42.0 Å². The van der Waals surface area contributed by atoms with Crippen molar-refractivity contribution in [3.63, 3.8) is 0 Å². The van der Waals surface area contributed by atoms with Crippen molar-refractivity contribution in [3.05, 3.63) is 89.6 Å². The molecule has 3 aromatic carbocycles. The zero-order valence-corrected chi connectivity index (χ0v) is 23.5. The van der Waals surface area contributed by atoms with E-state index in [1.54, 1.807) is 24.3 Å². The molecule has 12 heteroatoms. The number of benzene rings is 3. The van der Waals surface area contributed by atoms with Crippen molar-refractivity contribution in [2.45, 2.75) is 41.5 Å². The first-order valence-electron chi connectivity index (χ1n) is 13.8. The van der Waals surface area contributed by atoms with Gasteiger partial charge >= 0.3 is 0 Å². The highest BCUT2D eigenvalue weighted by Gasteiger charge is 2.33. The van der Waals surface area contributed by atoms with Crippen LogP contribution in [-0.4, -0.2) is 72.1 Å². The third kappa shape index (κ3) is 5.39. The molecule has 2 amide bonds. The van der Waals surface area contributed by atoms with Crippen molar-refractivity contribution in [2.75, 3.05) is 31.6 Å². The number of aromatic nitrogens is 2. The SMILES string of the molecule is O=C(Nn1ncc2cc(S(=O)(=O)c3cc(F)cc(F)c3)ccc21)c1ccccc1C(=O)N1CCC[C@H]1CN1CCCC1. The van der Waals surface area contributed by atoms with Crippen LogP contribution in [0.2, 0.25) is 0 Å². The van der Waals surface area contributed by atoms with Crippen LogP contribution in [0.3, 0.4) is 0 Å². The summed E-state index contributed by atoms with van der Waals surface area (Å²) in [5.74, 6) is -2.74. The van der Waals surface area contributed by atoms with E-state index < -0.39 is 32.3 Å². The molecule has 1 atom stereocenters. The topological polar surface area (TPSA) is 105 Å². The fourth-order valence-electron chi connectivity index (χ4n) is 5.82. The van der Waals surface area contributed by atoms with E-state index in [-0.39, 0.29) is 22.4 Å². The van der Waals surface area contributed by atoms with Gasteiger partial charge < -0.3 is 9.80 Å². The van der Waals surface area contributed by atoms with Gasteiger partial charge in [0.15, 0.2) is 0 Å². The molecule has 0 aliphatic carbocycles. The molecule has 2 saturated heterocycles. The first-order chi connectivity index (χ1) is 20.2. The van der Waals surface area contributed by atoms with Gasteiger partial charge in [-0.2, -0.15) is 9.89 Å². The number of sulfone groups is 1. The van der Waals surface area contributed by atoms with Crippen LogP contribution in [-0.2, 0) is 9.84 Å². The van der Waals surface area contributed by atoms with Crippen LogP contribution in [0.4, 0.5) is 8.78 Å². The van der Waals surface area contributed by atoms with E-state index in [4.69, 9.17) is 0 Å². The number of hydrogen-bond acceptors (Lipinski definition) is 6. The Morgan fingerprint density at radius 1 is 0.881 bits per heavy atom. The normalized spacial score (nSPS) is 17.7. The molecule has 42 heavy (non-hydrogen) atoms. The predicted molar refractivity (Wildman–Crippen MR) is 151 cm³/mol. The molecule has 9 nitrogen and oxygen atoms in total. The number of carbonyl (C=O) groups excluding carboxylic acids is 2. The van der Waals surface area contributed by atoms with E-state index in [0.29, 0.717) is 29.1 Å². The highest BCUT2D eigenvalue weighted by atomic mass is 32.2. The lowest BCUT2D eigenvalue weighted by molar-refractivity contribution is 0.0704. The van der Waals surface area contributed by atoms with Crippen LogP contribution in [0.5, 0.6) is 0 Å².